The molecule has 1 amide bonds. The van der Waals surface area contributed by atoms with Crippen LogP contribution in [-0.2, 0) is 11.2 Å². The van der Waals surface area contributed by atoms with E-state index in [-0.39, 0.29) is 5.91 Å². The van der Waals surface area contributed by atoms with Gasteiger partial charge in [-0.3, -0.25) is 4.79 Å². The van der Waals surface area contributed by atoms with Crippen LogP contribution in [0.1, 0.15) is 67.7 Å². The maximum Gasteiger partial charge on any atom is 0.222 e. The molecule has 1 aromatic heterocycles. The van der Waals surface area contributed by atoms with E-state index in [1.165, 1.54) is 16.7 Å². The Bertz CT molecular complexity index is 839. The zero-order valence-corrected chi connectivity index (χ0v) is 18.5. The second-order valence-electron chi connectivity index (χ2n) is 8.16. The number of anilines is 1. The summed E-state index contributed by atoms with van der Waals surface area (Å²) in [4.78, 5) is 26.3. The third kappa shape index (κ3) is 4.95. The zero-order valence-electron chi connectivity index (χ0n) is 18.5. The van der Waals surface area contributed by atoms with Crippen LogP contribution in [0.4, 0.5) is 5.82 Å². The summed E-state index contributed by atoms with van der Waals surface area (Å²) in [5.74, 6) is 2.56. The van der Waals surface area contributed by atoms with Gasteiger partial charge in [-0.1, -0.05) is 50.6 Å². The molecule has 5 nitrogen and oxygen atoms in total. The first-order valence-electron chi connectivity index (χ1n) is 10.9. The molecule has 1 fully saturated rings. The van der Waals surface area contributed by atoms with Gasteiger partial charge < -0.3 is 9.80 Å². The second kappa shape index (κ2) is 9.38. The van der Waals surface area contributed by atoms with E-state index in [2.05, 4.69) is 56.9 Å². The minimum atomic E-state index is 0.240. The van der Waals surface area contributed by atoms with E-state index >= 15 is 0 Å². The molecule has 5 heteroatoms. The lowest BCUT2D eigenvalue weighted by molar-refractivity contribution is -0.131. The molecule has 1 aliphatic rings. The van der Waals surface area contributed by atoms with E-state index in [0.717, 1.165) is 56.4 Å². The van der Waals surface area contributed by atoms with Crippen molar-refractivity contribution >= 4 is 11.7 Å². The maximum absolute atomic E-state index is 12.1. The van der Waals surface area contributed by atoms with Crippen LogP contribution in [0, 0.1) is 13.8 Å². The summed E-state index contributed by atoms with van der Waals surface area (Å²) < 4.78 is 0. The van der Waals surface area contributed by atoms with Gasteiger partial charge in [0.05, 0.1) is 0 Å². The van der Waals surface area contributed by atoms with Gasteiger partial charge in [0, 0.05) is 56.2 Å². The minimum Gasteiger partial charge on any atom is -0.353 e. The lowest BCUT2D eigenvalue weighted by Crippen LogP contribution is -2.49. The molecule has 0 bridgehead atoms. The highest BCUT2D eigenvalue weighted by molar-refractivity contribution is 5.76. The number of carbonyl (C=O) groups excluding carboxylic acids is 1. The van der Waals surface area contributed by atoms with Crippen LogP contribution >= 0.6 is 0 Å². The molecule has 0 aliphatic carbocycles. The Balaban J connectivity index is 1.93. The van der Waals surface area contributed by atoms with Crippen LogP contribution in [-0.4, -0.2) is 47.0 Å². The molecule has 0 spiro atoms. The molecule has 0 radical (unpaired) electrons. The molecule has 1 saturated heterocycles. The van der Waals surface area contributed by atoms with Crippen molar-refractivity contribution in [2.24, 2.45) is 0 Å². The molecule has 3 rings (SSSR count). The number of nitrogens with zero attached hydrogens (tertiary/aromatic N) is 4. The molecule has 29 heavy (non-hydrogen) atoms. The van der Waals surface area contributed by atoms with Gasteiger partial charge >= 0.3 is 0 Å². The molecular formula is C24H34N4O. The standard InChI is InChI=1S/C24H34N4O/c1-6-18(4)23-25-19(5)21(16-20-10-8-17(3)9-11-20)24(26-23)28-14-12-27(13-15-28)22(29)7-2/h8-11,18H,6-7,12-16H2,1-5H3/t18-/m1/s1. The predicted molar refractivity (Wildman–Crippen MR) is 119 cm³/mol. The fourth-order valence-corrected chi connectivity index (χ4v) is 3.77. The molecule has 2 heterocycles. The van der Waals surface area contributed by atoms with Gasteiger partial charge in [-0.15, -0.1) is 0 Å². The summed E-state index contributed by atoms with van der Waals surface area (Å²) in [6.07, 6.45) is 2.43. The van der Waals surface area contributed by atoms with Crippen molar-refractivity contribution in [1.29, 1.82) is 0 Å². The highest BCUT2D eigenvalue weighted by atomic mass is 16.2. The smallest absolute Gasteiger partial charge is 0.222 e. The summed E-state index contributed by atoms with van der Waals surface area (Å²) in [5, 5.41) is 0. The lowest BCUT2D eigenvalue weighted by Gasteiger charge is -2.36. The Kier molecular flexibility index (Phi) is 6.88. The number of rotatable bonds is 6. The number of carbonyl (C=O) groups is 1. The lowest BCUT2D eigenvalue weighted by atomic mass is 10.0. The van der Waals surface area contributed by atoms with E-state index in [0.29, 0.717) is 12.3 Å². The van der Waals surface area contributed by atoms with Gasteiger partial charge in [-0.2, -0.15) is 0 Å². The molecule has 156 valence electrons. The molecule has 2 aromatic rings. The summed E-state index contributed by atoms with van der Waals surface area (Å²) in [6.45, 7) is 13.7. The van der Waals surface area contributed by atoms with Gasteiger partial charge in [0.15, 0.2) is 0 Å². The SMILES string of the molecule is CCC(=O)N1CCN(c2nc([C@H](C)CC)nc(C)c2Cc2ccc(C)cc2)CC1. The third-order valence-electron chi connectivity index (χ3n) is 6.00. The first kappa shape index (κ1) is 21.3. The maximum atomic E-state index is 12.1. The van der Waals surface area contributed by atoms with Crippen LogP contribution < -0.4 is 4.90 Å². The van der Waals surface area contributed by atoms with Gasteiger partial charge in [-0.05, 0) is 25.8 Å². The number of benzene rings is 1. The van der Waals surface area contributed by atoms with Crippen LogP contribution in [0.25, 0.3) is 0 Å². The Hall–Kier alpha value is -2.43. The zero-order chi connectivity index (χ0) is 21.0. The van der Waals surface area contributed by atoms with Crippen LogP contribution in [0.2, 0.25) is 0 Å². The highest BCUT2D eigenvalue weighted by Gasteiger charge is 2.25. The largest absolute Gasteiger partial charge is 0.353 e. The molecule has 1 aliphatic heterocycles. The molecule has 0 saturated carbocycles. The Labute approximate surface area is 175 Å². The number of hydrogen-bond acceptors (Lipinski definition) is 4. The first-order chi connectivity index (χ1) is 13.9. The minimum absolute atomic E-state index is 0.240. The molecule has 0 unspecified atom stereocenters. The monoisotopic (exact) mass is 394 g/mol. The quantitative estimate of drug-likeness (QED) is 0.735. The summed E-state index contributed by atoms with van der Waals surface area (Å²) in [7, 11) is 0. The number of aromatic nitrogens is 2. The van der Waals surface area contributed by atoms with Crippen molar-refractivity contribution in [3.63, 3.8) is 0 Å². The number of piperazine rings is 1. The van der Waals surface area contributed by atoms with Crippen molar-refractivity contribution in [1.82, 2.24) is 14.9 Å². The number of amides is 1. The number of aryl methyl sites for hydroxylation is 2. The highest BCUT2D eigenvalue weighted by Crippen LogP contribution is 2.28. The fourth-order valence-electron chi connectivity index (χ4n) is 3.77. The second-order valence-corrected chi connectivity index (χ2v) is 8.16. The van der Waals surface area contributed by atoms with Crippen molar-refractivity contribution in [3.05, 3.63) is 52.5 Å². The molecular weight excluding hydrogens is 360 g/mol. The van der Waals surface area contributed by atoms with Gasteiger partial charge in [0.1, 0.15) is 11.6 Å². The van der Waals surface area contributed by atoms with Crippen molar-refractivity contribution in [3.8, 4) is 0 Å². The van der Waals surface area contributed by atoms with E-state index in [1.54, 1.807) is 0 Å². The predicted octanol–water partition coefficient (Wildman–Crippen LogP) is 4.26. The Morgan fingerprint density at radius 1 is 1.03 bits per heavy atom. The van der Waals surface area contributed by atoms with E-state index in [1.807, 2.05) is 11.8 Å². The molecule has 0 N–H and O–H groups in total. The van der Waals surface area contributed by atoms with Gasteiger partial charge in [0.2, 0.25) is 5.91 Å². The van der Waals surface area contributed by atoms with Crippen LogP contribution in [0.15, 0.2) is 24.3 Å². The first-order valence-corrected chi connectivity index (χ1v) is 10.9. The Morgan fingerprint density at radius 3 is 2.28 bits per heavy atom. The summed E-state index contributed by atoms with van der Waals surface area (Å²) in [6, 6.07) is 8.71. The van der Waals surface area contributed by atoms with E-state index in [9.17, 15) is 4.79 Å². The number of hydrogen-bond donors (Lipinski definition) is 0. The van der Waals surface area contributed by atoms with Crippen molar-refractivity contribution in [2.45, 2.75) is 59.8 Å². The molecule has 1 atom stereocenters. The van der Waals surface area contributed by atoms with E-state index < -0.39 is 0 Å². The van der Waals surface area contributed by atoms with E-state index in [4.69, 9.17) is 9.97 Å². The van der Waals surface area contributed by atoms with Crippen molar-refractivity contribution < 1.29 is 4.79 Å². The van der Waals surface area contributed by atoms with Gasteiger partial charge in [0.25, 0.3) is 0 Å². The van der Waals surface area contributed by atoms with Gasteiger partial charge in [-0.25, -0.2) is 9.97 Å². The summed E-state index contributed by atoms with van der Waals surface area (Å²) >= 11 is 0. The summed E-state index contributed by atoms with van der Waals surface area (Å²) in [5.41, 5.74) is 4.82. The third-order valence-corrected chi connectivity index (χ3v) is 6.00. The van der Waals surface area contributed by atoms with Crippen molar-refractivity contribution in [2.75, 3.05) is 31.1 Å². The average molecular weight is 395 g/mol. The fraction of sp³-hybridized carbons (Fsp3) is 0.542. The normalized spacial score (nSPS) is 15.5. The topological polar surface area (TPSA) is 49.3 Å². The Morgan fingerprint density at radius 2 is 1.69 bits per heavy atom. The molecule has 1 aromatic carbocycles. The van der Waals surface area contributed by atoms with Crippen LogP contribution in [0.3, 0.4) is 0 Å². The van der Waals surface area contributed by atoms with Crippen LogP contribution in [0.5, 0.6) is 0 Å². The average Bonchev–Trinajstić information content (AvgIpc) is 2.75.